The molecule has 2 N–H and O–H groups in total. The van der Waals surface area contributed by atoms with Gasteiger partial charge in [-0.2, -0.15) is 0 Å². The molecule has 1 fully saturated rings. The van der Waals surface area contributed by atoms with E-state index in [-0.39, 0.29) is 6.61 Å². The maximum absolute atomic E-state index is 9.12. The summed E-state index contributed by atoms with van der Waals surface area (Å²) < 4.78 is 5.28. The van der Waals surface area contributed by atoms with Crippen molar-refractivity contribution in [3.63, 3.8) is 0 Å². The molecule has 3 nitrogen and oxygen atoms in total. The van der Waals surface area contributed by atoms with Gasteiger partial charge in [-0.05, 0) is 48.8 Å². The molecule has 1 atom stereocenters. The van der Waals surface area contributed by atoms with Gasteiger partial charge in [0.2, 0.25) is 0 Å². The second-order valence-electron chi connectivity index (χ2n) is 6.17. The maximum Gasteiger partial charge on any atom is 0.119 e. The zero-order chi connectivity index (χ0) is 14.5. The average molecular weight is 277 g/mol. The highest BCUT2D eigenvalue weighted by molar-refractivity contribution is 5.32. The van der Waals surface area contributed by atoms with Crippen LogP contribution in [-0.4, -0.2) is 30.9 Å². The molecule has 1 unspecified atom stereocenters. The Morgan fingerprint density at radius 3 is 2.70 bits per heavy atom. The summed E-state index contributed by atoms with van der Waals surface area (Å²) in [5.41, 5.74) is 1.38. The van der Waals surface area contributed by atoms with Gasteiger partial charge in [-0.1, -0.05) is 26.0 Å². The fourth-order valence-corrected chi connectivity index (χ4v) is 2.97. The number of hydrogen-bond acceptors (Lipinski definition) is 3. The van der Waals surface area contributed by atoms with Crippen molar-refractivity contribution in [1.29, 1.82) is 0 Å². The van der Waals surface area contributed by atoms with Gasteiger partial charge >= 0.3 is 0 Å². The second kappa shape index (κ2) is 7.09. The lowest BCUT2D eigenvalue weighted by atomic mass is 9.75. The number of ether oxygens (including phenoxy) is 1. The first-order chi connectivity index (χ1) is 9.63. The number of methoxy groups -OCH3 is 1. The van der Waals surface area contributed by atoms with Crippen molar-refractivity contribution in [1.82, 2.24) is 5.32 Å². The van der Waals surface area contributed by atoms with Crippen LogP contribution in [0.3, 0.4) is 0 Å². The number of hydrogen-bond donors (Lipinski definition) is 2. The molecule has 0 aromatic heterocycles. The first-order valence-corrected chi connectivity index (χ1v) is 7.65. The fraction of sp³-hybridized carbons (Fsp3) is 0.647. The molecule has 3 heteroatoms. The van der Waals surface area contributed by atoms with Gasteiger partial charge < -0.3 is 15.2 Å². The third-order valence-electron chi connectivity index (χ3n) is 4.40. The molecule has 1 saturated carbocycles. The van der Waals surface area contributed by atoms with Crippen LogP contribution in [0.15, 0.2) is 24.3 Å². The molecule has 1 aromatic carbocycles. The molecule has 1 aliphatic carbocycles. The van der Waals surface area contributed by atoms with E-state index in [4.69, 9.17) is 9.84 Å². The number of benzene rings is 1. The summed E-state index contributed by atoms with van der Waals surface area (Å²) in [5.74, 6) is 2.15. The smallest absolute Gasteiger partial charge is 0.119 e. The van der Waals surface area contributed by atoms with Crippen molar-refractivity contribution in [2.24, 2.45) is 5.92 Å². The Hall–Kier alpha value is -1.06. The van der Waals surface area contributed by atoms with Crippen LogP contribution in [0.25, 0.3) is 0 Å². The van der Waals surface area contributed by atoms with Gasteiger partial charge in [-0.3, -0.25) is 0 Å². The first-order valence-electron chi connectivity index (χ1n) is 7.65. The summed E-state index contributed by atoms with van der Waals surface area (Å²) in [6, 6.07) is 9.42. The van der Waals surface area contributed by atoms with Crippen molar-refractivity contribution in [3.8, 4) is 5.75 Å². The number of rotatable bonds is 7. The molecule has 0 amide bonds. The van der Waals surface area contributed by atoms with Crippen LogP contribution >= 0.6 is 0 Å². The van der Waals surface area contributed by atoms with Gasteiger partial charge in [0.25, 0.3) is 0 Å². The monoisotopic (exact) mass is 277 g/mol. The summed E-state index contributed by atoms with van der Waals surface area (Å²) in [6.07, 6.45) is 3.21. The van der Waals surface area contributed by atoms with Crippen LogP contribution in [0.5, 0.6) is 5.75 Å². The standard InChI is InChI=1S/C17H27NO2/c1-12(2)17(7-8-19)18-15-9-14(10-15)13-5-4-6-16(11-13)20-3/h4-6,11-12,14-15,17-19H,7-10H2,1-3H3. The van der Waals surface area contributed by atoms with E-state index in [1.54, 1.807) is 7.11 Å². The van der Waals surface area contributed by atoms with E-state index in [1.165, 1.54) is 18.4 Å². The van der Waals surface area contributed by atoms with Crippen molar-refractivity contribution < 1.29 is 9.84 Å². The van der Waals surface area contributed by atoms with E-state index >= 15 is 0 Å². The topological polar surface area (TPSA) is 41.5 Å². The number of aliphatic hydroxyl groups is 1. The normalized spacial score (nSPS) is 23.4. The lowest BCUT2D eigenvalue weighted by molar-refractivity contribution is 0.199. The van der Waals surface area contributed by atoms with Gasteiger partial charge in [-0.25, -0.2) is 0 Å². The van der Waals surface area contributed by atoms with Crippen molar-refractivity contribution in [3.05, 3.63) is 29.8 Å². The predicted octanol–water partition coefficient (Wildman–Crippen LogP) is 2.94. The summed E-state index contributed by atoms with van der Waals surface area (Å²) in [7, 11) is 1.71. The third-order valence-corrected chi connectivity index (χ3v) is 4.40. The Bertz CT molecular complexity index is 413. The molecule has 0 bridgehead atoms. The van der Waals surface area contributed by atoms with E-state index < -0.39 is 0 Å². The molecule has 0 heterocycles. The van der Waals surface area contributed by atoms with Gasteiger partial charge in [0.05, 0.1) is 7.11 Å². The first kappa shape index (κ1) is 15.3. The molecular formula is C17H27NO2. The van der Waals surface area contributed by atoms with Crippen LogP contribution in [0.4, 0.5) is 0 Å². The lowest BCUT2D eigenvalue weighted by Crippen LogP contribution is -2.47. The summed E-state index contributed by atoms with van der Waals surface area (Å²) in [6.45, 7) is 4.69. The highest BCUT2D eigenvalue weighted by Gasteiger charge is 2.32. The van der Waals surface area contributed by atoms with Gasteiger partial charge in [0.1, 0.15) is 5.75 Å². The minimum atomic E-state index is 0.266. The molecule has 0 aliphatic heterocycles. The zero-order valence-corrected chi connectivity index (χ0v) is 12.8. The van der Waals surface area contributed by atoms with E-state index in [0.717, 1.165) is 12.2 Å². The van der Waals surface area contributed by atoms with Crippen LogP contribution in [0, 0.1) is 5.92 Å². The zero-order valence-electron chi connectivity index (χ0n) is 12.8. The SMILES string of the molecule is COc1cccc(C2CC(NC(CCO)C(C)C)C2)c1. The van der Waals surface area contributed by atoms with Crippen LogP contribution in [-0.2, 0) is 0 Å². The second-order valence-corrected chi connectivity index (χ2v) is 6.17. The molecule has 2 rings (SSSR count). The van der Waals surface area contributed by atoms with Gasteiger partial charge in [-0.15, -0.1) is 0 Å². The molecule has 1 aliphatic rings. The Morgan fingerprint density at radius 1 is 1.35 bits per heavy atom. The van der Waals surface area contributed by atoms with Crippen molar-refractivity contribution in [2.75, 3.05) is 13.7 Å². The molecular weight excluding hydrogens is 250 g/mol. The van der Waals surface area contributed by atoms with Crippen LogP contribution < -0.4 is 10.1 Å². The van der Waals surface area contributed by atoms with E-state index in [0.29, 0.717) is 23.9 Å². The van der Waals surface area contributed by atoms with E-state index in [1.807, 2.05) is 6.07 Å². The Balaban J connectivity index is 1.84. The highest BCUT2D eigenvalue weighted by atomic mass is 16.5. The Morgan fingerprint density at radius 2 is 2.10 bits per heavy atom. The molecule has 1 aromatic rings. The largest absolute Gasteiger partial charge is 0.497 e. The van der Waals surface area contributed by atoms with Crippen LogP contribution in [0.2, 0.25) is 0 Å². The Labute approximate surface area is 122 Å². The minimum Gasteiger partial charge on any atom is -0.497 e. The summed E-state index contributed by atoms with van der Waals surface area (Å²) in [4.78, 5) is 0. The predicted molar refractivity (Wildman–Crippen MR) is 82.2 cm³/mol. The van der Waals surface area contributed by atoms with Gasteiger partial charge in [0.15, 0.2) is 0 Å². The molecule has 0 saturated heterocycles. The lowest BCUT2D eigenvalue weighted by Gasteiger charge is -2.39. The quantitative estimate of drug-likeness (QED) is 0.805. The van der Waals surface area contributed by atoms with Gasteiger partial charge in [0, 0.05) is 18.7 Å². The number of aliphatic hydroxyl groups excluding tert-OH is 1. The fourth-order valence-electron chi connectivity index (χ4n) is 2.97. The summed E-state index contributed by atoms with van der Waals surface area (Å²) in [5, 5.41) is 12.8. The van der Waals surface area contributed by atoms with Crippen LogP contribution in [0.1, 0.15) is 44.6 Å². The molecule has 0 radical (unpaired) electrons. The number of nitrogens with one attached hydrogen (secondary N) is 1. The summed E-state index contributed by atoms with van der Waals surface area (Å²) >= 11 is 0. The van der Waals surface area contributed by atoms with Crippen molar-refractivity contribution in [2.45, 2.75) is 51.1 Å². The molecule has 20 heavy (non-hydrogen) atoms. The van der Waals surface area contributed by atoms with Crippen molar-refractivity contribution >= 4 is 0 Å². The highest BCUT2D eigenvalue weighted by Crippen LogP contribution is 2.38. The van der Waals surface area contributed by atoms with E-state index in [2.05, 4.69) is 37.4 Å². The van der Waals surface area contributed by atoms with E-state index in [9.17, 15) is 0 Å². The average Bonchev–Trinajstić information content (AvgIpc) is 2.40. The molecule has 112 valence electrons. The third kappa shape index (κ3) is 3.74. The maximum atomic E-state index is 9.12. The minimum absolute atomic E-state index is 0.266. The molecule has 0 spiro atoms. The Kier molecular flexibility index (Phi) is 5.44.